The third kappa shape index (κ3) is 3.46. The van der Waals surface area contributed by atoms with E-state index in [4.69, 9.17) is 4.74 Å². The summed E-state index contributed by atoms with van der Waals surface area (Å²) in [4.78, 5) is 12.0. The zero-order chi connectivity index (χ0) is 11.2. The maximum Gasteiger partial charge on any atom is 0.223 e. The van der Waals surface area contributed by atoms with Gasteiger partial charge in [0.1, 0.15) is 0 Å². The third-order valence-electron chi connectivity index (χ3n) is 3.49. The van der Waals surface area contributed by atoms with E-state index in [1.165, 1.54) is 12.8 Å². The largest absolute Gasteiger partial charge is 0.381 e. The average molecular weight is 226 g/mol. The summed E-state index contributed by atoms with van der Waals surface area (Å²) in [6.07, 6.45) is 5.31. The average Bonchev–Trinajstić information content (AvgIpc) is 2.59. The molecule has 4 heteroatoms. The molecule has 0 spiro atoms. The van der Waals surface area contributed by atoms with Gasteiger partial charge in [-0.25, -0.2) is 0 Å². The highest BCUT2D eigenvalue weighted by Gasteiger charge is 2.23. The third-order valence-corrected chi connectivity index (χ3v) is 3.49. The van der Waals surface area contributed by atoms with Crippen LogP contribution in [0.15, 0.2) is 0 Å². The molecule has 2 N–H and O–H groups in total. The molecule has 0 bridgehead atoms. The number of hydrogen-bond acceptors (Lipinski definition) is 3. The normalized spacial score (nSPS) is 28.4. The standard InChI is InChI=1S/C12H22N2O2/c15-12(10-4-7-16-8-5-10)14-11-3-1-2-6-13-9-11/h10-11,13H,1-9H2,(H,14,15). The zero-order valence-electron chi connectivity index (χ0n) is 9.84. The second-order valence-corrected chi connectivity index (χ2v) is 4.79. The highest BCUT2D eigenvalue weighted by molar-refractivity contribution is 5.79. The molecule has 1 atom stereocenters. The fraction of sp³-hybridized carbons (Fsp3) is 0.917. The lowest BCUT2D eigenvalue weighted by atomic mass is 9.98. The van der Waals surface area contributed by atoms with E-state index in [0.29, 0.717) is 6.04 Å². The van der Waals surface area contributed by atoms with Gasteiger partial charge in [-0.1, -0.05) is 6.42 Å². The Balaban J connectivity index is 1.76. The van der Waals surface area contributed by atoms with Crippen LogP contribution in [-0.4, -0.2) is 38.3 Å². The highest BCUT2D eigenvalue weighted by Crippen LogP contribution is 2.15. The summed E-state index contributed by atoms with van der Waals surface area (Å²) in [7, 11) is 0. The number of rotatable bonds is 2. The van der Waals surface area contributed by atoms with E-state index in [9.17, 15) is 4.79 Å². The van der Waals surface area contributed by atoms with Crippen molar-refractivity contribution in [3.05, 3.63) is 0 Å². The summed E-state index contributed by atoms with van der Waals surface area (Å²) in [5.74, 6) is 0.411. The Hall–Kier alpha value is -0.610. The SMILES string of the molecule is O=C(NC1CCCCNC1)C1CCOCC1. The van der Waals surface area contributed by atoms with E-state index in [1.54, 1.807) is 0 Å². The molecule has 0 aromatic rings. The number of hydrogen-bond donors (Lipinski definition) is 2. The summed E-state index contributed by atoms with van der Waals surface area (Å²) in [5, 5.41) is 6.54. The van der Waals surface area contributed by atoms with Gasteiger partial charge in [0.15, 0.2) is 0 Å². The van der Waals surface area contributed by atoms with Crippen molar-refractivity contribution in [3.8, 4) is 0 Å². The molecular weight excluding hydrogens is 204 g/mol. The van der Waals surface area contributed by atoms with Crippen LogP contribution in [-0.2, 0) is 9.53 Å². The molecule has 0 aromatic carbocycles. The summed E-state index contributed by atoms with van der Waals surface area (Å²) in [6, 6.07) is 0.331. The second-order valence-electron chi connectivity index (χ2n) is 4.79. The van der Waals surface area contributed by atoms with Crippen LogP contribution in [0.2, 0.25) is 0 Å². The van der Waals surface area contributed by atoms with Crippen LogP contribution in [0, 0.1) is 5.92 Å². The minimum absolute atomic E-state index is 0.178. The van der Waals surface area contributed by atoms with Gasteiger partial charge in [0.25, 0.3) is 0 Å². The first-order valence-electron chi connectivity index (χ1n) is 6.45. The summed E-state index contributed by atoms with van der Waals surface area (Å²) < 4.78 is 5.27. The highest BCUT2D eigenvalue weighted by atomic mass is 16.5. The number of nitrogens with one attached hydrogen (secondary N) is 2. The maximum absolute atomic E-state index is 12.0. The van der Waals surface area contributed by atoms with Crippen molar-refractivity contribution >= 4 is 5.91 Å². The fourth-order valence-corrected chi connectivity index (χ4v) is 2.42. The Morgan fingerprint density at radius 1 is 1.19 bits per heavy atom. The van der Waals surface area contributed by atoms with Gasteiger partial charge >= 0.3 is 0 Å². The fourth-order valence-electron chi connectivity index (χ4n) is 2.42. The molecular formula is C12H22N2O2. The van der Waals surface area contributed by atoms with Gasteiger partial charge < -0.3 is 15.4 Å². The molecule has 2 fully saturated rings. The van der Waals surface area contributed by atoms with Gasteiger partial charge in [0, 0.05) is 31.7 Å². The quantitative estimate of drug-likeness (QED) is 0.727. The Morgan fingerprint density at radius 2 is 2.00 bits per heavy atom. The number of carbonyl (C=O) groups is 1. The first kappa shape index (κ1) is 11.9. The first-order chi connectivity index (χ1) is 7.86. The molecule has 0 aromatic heterocycles. The van der Waals surface area contributed by atoms with Gasteiger partial charge in [-0.3, -0.25) is 4.79 Å². The molecule has 16 heavy (non-hydrogen) atoms. The van der Waals surface area contributed by atoms with E-state index in [-0.39, 0.29) is 11.8 Å². The lowest BCUT2D eigenvalue weighted by Gasteiger charge is -2.24. The topological polar surface area (TPSA) is 50.4 Å². The Labute approximate surface area is 97.1 Å². The molecule has 0 saturated carbocycles. The van der Waals surface area contributed by atoms with Crippen LogP contribution in [0.5, 0.6) is 0 Å². The molecule has 0 radical (unpaired) electrons. The van der Waals surface area contributed by atoms with E-state index in [2.05, 4.69) is 10.6 Å². The van der Waals surface area contributed by atoms with Crippen molar-refractivity contribution in [1.29, 1.82) is 0 Å². The Bertz CT molecular complexity index is 219. The van der Waals surface area contributed by atoms with Crippen LogP contribution in [0.3, 0.4) is 0 Å². The molecule has 2 saturated heterocycles. The van der Waals surface area contributed by atoms with Crippen molar-refractivity contribution in [3.63, 3.8) is 0 Å². The minimum Gasteiger partial charge on any atom is -0.381 e. The van der Waals surface area contributed by atoms with E-state index in [1.807, 2.05) is 0 Å². The predicted molar refractivity (Wildman–Crippen MR) is 62.2 cm³/mol. The second kappa shape index (κ2) is 6.21. The Kier molecular flexibility index (Phi) is 4.60. The van der Waals surface area contributed by atoms with Crippen LogP contribution in [0.1, 0.15) is 32.1 Å². The summed E-state index contributed by atoms with van der Waals surface area (Å²) in [6.45, 7) is 3.49. The summed E-state index contributed by atoms with van der Waals surface area (Å²) in [5.41, 5.74) is 0. The molecule has 4 nitrogen and oxygen atoms in total. The molecule has 1 amide bonds. The van der Waals surface area contributed by atoms with E-state index in [0.717, 1.165) is 45.6 Å². The van der Waals surface area contributed by atoms with E-state index < -0.39 is 0 Å². The van der Waals surface area contributed by atoms with Crippen LogP contribution >= 0.6 is 0 Å². The maximum atomic E-state index is 12.0. The zero-order valence-corrected chi connectivity index (χ0v) is 9.84. The Morgan fingerprint density at radius 3 is 2.81 bits per heavy atom. The van der Waals surface area contributed by atoms with Crippen molar-refractivity contribution in [1.82, 2.24) is 10.6 Å². The van der Waals surface area contributed by atoms with Gasteiger partial charge in [0.2, 0.25) is 5.91 Å². The molecule has 0 aliphatic carbocycles. The van der Waals surface area contributed by atoms with Crippen LogP contribution in [0.4, 0.5) is 0 Å². The first-order valence-corrected chi connectivity index (χ1v) is 6.45. The number of amides is 1. The van der Waals surface area contributed by atoms with Crippen molar-refractivity contribution in [2.24, 2.45) is 5.92 Å². The van der Waals surface area contributed by atoms with Gasteiger partial charge in [-0.2, -0.15) is 0 Å². The molecule has 92 valence electrons. The molecule has 2 rings (SSSR count). The van der Waals surface area contributed by atoms with Gasteiger partial charge in [0.05, 0.1) is 0 Å². The lowest BCUT2D eigenvalue weighted by Crippen LogP contribution is -2.44. The van der Waals surface area contributed by atoms with Crippen molar-refractivity contribution < 1.29 is 9.53 Å². The smallest absolute Gasteiger partial charge is 0.223 e. The van der Waals surface area contributed by atoms with Gasteiger partial charge in [-0.15, -0.1) is 0 Å². The van der Waals surface area contributed by atoms with Gasteiger partial charge in [-0.05, 0) is 32.2 Å². The molecule has 2 heterocycles. The van der Waals surface area contributed by atoms with Crippen LogP contribution < -0.4 is 10.6 Å². The summed E-state index contributed by atoms with van der Waals surface area (Å²) >= 11 is 0. The molecule has 1 unspecified atom stereocenters. The van der Waals surface area contributed by atoms with Crippen molar-refractivity contribution in [2.75, 3.05) is 26.3 Å². The number of carbonyl (C=O) groups excluding carboxylic acids is 1. The van der Waals surface area contributed by atoms with Crippen LogP contribution in [0.25, 0.3) is 0 Å². The van der Waals surface area contributed by atoms with Crippen molar-refractivity contribution in [2.45, 2.75) is 38.1 Å². The minimum atomic E-state index is 0.178. The predicted octanol–water partition coefficient (Wildman–Crippen LogP) is 0.671. The molecule has 2 aliphatic rings. The monoisotopic (exact) mass is 226 g/mol. The lowest BCUT2D eigenvalue weighted by molar-refractivity contribution is -0.128. The van der Waals surface area contributed by atoms with E-state index >= 15 is 0 Å². The molecule has 2 aliphatic heterocycles. The number of ether oxygens (including phenoxy) is 1.